The van der Waals surface area contributed by atoms with Gasteiger partial charge in [0.05, 0.1) is 4.90 Å². The van der Waals surface area contributed by atoms with E-state index in [-0.39, 0.29) is 4.90 Å². The maximum Gasteiger partial charge on any atom is 0.333 e. The van der Waals surface area contributed by atoms with Gasteiger partial charge in [-0.05, 0) is 25.5 Å². The molecule has 0 radical (unpaired) electrons. The van der Waals surface area contributed by atoms with Crippen LogP contribution in [0.2, 0.25) is 0 Å². The quantitative estimate of drug-likeness (QED) is 0.623. The highest BCUT2D eigenvalue weighted by molar-refractivity contribution is 7.86. The van der Waals surface area contributed by atoms with Crippen LogP contribution in [0.15, 0.2) is 40.8 Å². The number of aryl methyl sites for hydroxylation is 1. The molecule has 1 aliphatic heterocycles. The van der Waals surface area contributed by atoms with Gasteiger partial charge >= 0.3 is 16.1 Å². The standard InChI is InChI=1S/C13H14O5S/c1-3-10-8-12(14)17-13(10)18-19(15,16)11-6-4-9(2)5-7-11/h4-8,13H,3H2,1-2H3. The van der Waals surface area contributed by atoms with Crippen LogP contribution in [0.25, 0.3) is 0 Å². The second-order valence-corrected chi connectivity index (χ2v) is 5.78. The van der Waals surface area contributed by atoms with Gasteiger partial charge in [0.25, 0.3) is 0 Å². The van der Waals surface area contributed by atoms with Crippen molar-refractivity contribution in [2.75, 3.05) is 0 Å². The predicted molar refractivity (Wildman–Crippen MR) is 67.7 cm³/mol. The first-order valence-electron chi connectivity index (χ1n) is 5.83. The van der Waals surface area contributed by atoms with E-state index in [1.165, 1.54) is 18.2 Å². The van der Waals surface area contributed by atoms with E-state index in [0.29, 0.717) is 12.0 Å². The molecule has 19 heavy (non-hydrogen) atoms. The van der Waals surface area contributed by atoms with Crippen molar-refractivity contribution in [1.82, 2.24) is 0 Å². The van der Waals surface area contributed by atoms with Crippen LogP contribution >= 0.6 is 0 Å². The Balaban J connectivity index is 2.21. The van der Waals surface area contributed by atoms with E-state index in [4.69, 9.17) is 8.92 Å². The number of carbonyl (C=O) groups excluding carboxylic acids is 1. The number of hydrogen-bond donors (Lipinski definition) is 0. The number of benzene rings is 1. The molecule has 1 unspecified atom stereocenters. The summed E-state index contributed by atoms with van der Waals surface area (Å²) in [4.78, 5) is 11.2. The van der Waals surface area contributed by atoms with Crippen LogP contribution in [-0.4, -0.2) is 20.7 Å². The molecule has 0 amide bonds. The van der Waals surface area contributed by atoms with Gasteiger partial charge in [-0.3, -0.25) is 0 Å². The van der Waals surface area contributed by atoms with E-state index in [0.717, 1.165) is 5.56 Å². The first kappa shape index (κ1) is 13.8. The lowest BCUT2D eigenvalue weighted by Crippen LogP contribution is -2.21. The molecule has 0 N–H and O–H groups in total. The summed E-state index contributed by atoms with van der Waals surface area (Å²) in [5.74, 6) is -0.582. The fraction of sp³-hybridized carbons (Fsp3) is 0.308. The first-order valence-corrected chi connectivity index (χ1v) is 7.24. The molecule has 1 aromatic carbocycles. The molecule has 102 valence electrons. The second-order valence-electron chi connectivity index (χ2n) is 4.21. The first-order chi connectivity index (χ1) is 8.92. The van der Waals surface area contributed by atoms with Crippen LogP contribution < -0.4 is 0 Å². The van der Waals surface area contributed by atoms with Gasteiger partial charge in [-0.15, -0.1) is 0 Å². The van der Waals surface area contributed by atoms with Crippen LogP contribution in [0, 0.1) is 6.92 Å². The third-order valence-electron chi connectivity index (χ3n) is 2.76. The maximum atomic E-state index is 12.0. The minimum absolute atomic E-state index is 0.0384. The number of rotatable bonds is 4. The van der Waals surface area contributed by atoms with Gasteiger partial charge in [0, 0.05) is 11.6 Å². The minimum atomic E-state index is -3.94. The summed E-state index contributed by atoms with van der Waals surface area (Å²) in [6, 6.07) is 6.26. The Morgan fingerprint density at radius 1 is 1.26 bits per heavy atom. The third-order valence-corrected chi connectivity index (χ3v) is 4.04. The predicted octanol–water partition coefficient (Wildman–Crippen LogP) is 1.92. The molecule has 2 rings (SSSR count). The molecule has 1 heterocycles. The monoisotopic (exact) mass is 282 g/mol. The number of cyclic esters (lactones) is 1. The van der Waals surface area contributed by atoms with Crippen molar-refractivity contribution in [3.8, 4) is 0 Å². The molecule has 0 aliphatic carbocycles. The van der Waals surface area contributed by atoms with Crippen molar-refractivity contribution in [1.29, 1.82) is 0 Å². The SMILES string of the molecule is CCC1=CC(=O)OC1OS(=O)(=O)c1ccc(C)cc1. The summed E-state index contributed by atoms with van der Waals surface area (Å²) in [5, 5.41) is 0. The van der Waals surface area contributed by atoms with Gasteiger partial charge in [0.1, 0.15) is 0 Å². The molecule has 0 bridgehead atoms. The zero-order chi connectivity index (χ0) is 14.0. The Morgan fingerprint density at radius 3 is 2.47 bits per heavy atom. The maximum absolute atomic E-state index is 12.0. The van der Waals surface area contributed by atoms with Gasteiger partial charge in [-0.25, -0.2) is 8.98 Å². The number of ether oxygens (including phenoxy) is 1. The van der Waals surface area contributed by atoms with Crippen molar-refractivity contribution in [2.45, 2.75) is 31.5 Å². The minimum Gasteiger partial charge on any atom is -0.427 e. The topological polar surface area (TPSA) is 69.7 Å². The highest BCUT2D eigenvalue weighted by Crippen LogP contribution is 2.24. The zero-order valence-electron chi connectivity index (χ0n) is 10.6. The molecule has 5 nitrogen and oxygen atoms in total. The van der Waals surface area contributed by atoms with E-state index in [1.54, 1.807) is 19.1 Å². The van der Waals surface area contributed by atoms with Crippen molar-refractivity contribution in [2.24, 2.45) is 0 Å². The molecule has 0 saturated carbocycles. The third kappa shape index (κ3) is 3.02. The Hall–Kier alpha value is -1.66. The van der Waals surface area contributed by atoms with Gasteiger partial charge < -0.3 is 4.74 Å². The molecule has 6 heteroatoms. The summed E-state index contributed by atoms with van der Waals surface area (Å²) in [7, 11) is -3.94. The van der Waals surface area contributed by atoms with Crippen LogP contribution in [0.5, 0.6) is 0 Å². The summed E-state index contributed by atoms with van der Waals surface area (Å²) >= 11 is 0. The fourth-order valence-corrected chi connectivity index (χ4v) is 2.63. The molecule has 0 fully saturated rings. The van der Waals surface area contributed by atoms with E-state index in [9.17, 15) is 13.2 Å². The van der Waals surface area contributed by atoms with Crippen LogP contribution in [0.1, 0.15) is 18.9 Å². The Kier molecular flexibility index (Phi) is 3.73. The second kappa shape index (κ2) is 5.14. The summed E-state index contributed by atoms with van der Waals surface area (Å²) in [5.41, 5.74) is 1.46. The largest absolute Gasteiger partial charge is 0.427 e. The Morgan fingerprint density at radius 2 is 1.89 bits per heavy atom. The molecular weight excluding hydrogens is 268 g/mol. The van der Waals surface area contributed by atoms with Crippen LogP contribution in [0.3, 0.4) is 0 Å². The summed E-state index contributed by atoms with van der Waals surface area (Å²) in [6.45, 7) is 3.65. The molecule has 1 atom stereocenters. The van der Waals surface area contributed by atoms with Gasteiger partial charge in [0.2, 0.25) is 6.29 Å². The average Bonchev–Trinajstić information content (AvgIpc) is 2.69. The van der Waals surface area contributed by atoms with E-state index in [1.807, 2.05) is 6.92 Å². The fourth-order valence-electron chi connectivity index (χ4n) is 1.66. The van der Waals surface area contributed by atoms with Crippen molar-refractivity contribution >= 4 is 16.1 Å². The molecule has 1 aromatic rings. The number of esters is 1. The number of carbonyl (C=O) groups is 1. The zero-order valence-corrected chi connectivity index (χ0v) is 11.4. The van der Waals surface area contributed by atoms with E-state index >= 15 is 0 Å². The molecule has 1 aliphatic rings. The highest BCUT2D eigenvalue weighted by atomic mass is 32.2. The number of hydrogen-bond acceptors (Lipinski definition) is 5. The van der Waals surface area contributed by atoms with E-state index in [2.05, 4.69) is 0 Å². The normalized spacial score (nSPS) is 19.2. The van der Waals surface area contributed by atoms with Gasteiger partial charge in [0.15, 0.2) is 0 Å². The van der Waals surface area contributed by atoms with Crippen molar-refractivity contribution in [3.05, 3.63) is 41.5 Å². The van der Waals surface area contributed by atoms with Crippen LogP contribution in [-0.2, 0) is 23.8 Å². The Labute approximate surface area is 112 Å². The van der Waals surface area contributed by atoms with Crippen LogP contribution in [0.4, 0.5) is 0 Å². The lowest BCUT2D eigenvalue weighted by molar-refractivity contribution is -0.148. The average molecular weight is 282 g/mol. The van der Waals surface area contributed by atoms with E-state index < -0.39 is 22.4 Å². The lowest BCUT2D eigenvalue weighted by Gasteiger charge is -2.14. The molecular formula is C13H14O5S. The van der Waals surface area contributed by atoms with Crippen molar-refractivity contribution in [3.63, 3.8) is 0 Å². The Bertz CT molecular complexity index is 613. The lowest BCUT2D eigenvalue weighted by atomic mass is 10.2. The summed E-state index contributed by atoms with van der Waals surface area (Å²) < 4.78 is 33.8. The summed E-state index contributed by atoms with van der Waals surface area (Å²) in [6.07, 6.45) is 0.596. The highest BCUT2D eigenvalue weighted by Gasteiger charge is 2.31. The van der Waals surface area contributed by atoms with Crippen molar-refractivity contribution < 1.29 is 22.1 Å². The van der Waals surface area contributed by atoms with Gasteiger partial charge in [-0.1, -0.05) is 24.6 Å². The smallest absolute Gasteiger partial charge is 0.333 e. The molecule has 0 saturated heterocycles. The molecule has 0 spiro atoms. The van der Waals surface area contributed by atoms with Gasteiger partial charge in [-0.2, -0.15) is 8.42 Å². The molecule has 0 aromatic heterocycles.